The van der Waals surface area contributed by atoms with Crippen LogP contribution >= 0.6 is 0 Å². The van der Waals surface area contributed by atoms with Gasteiger partial charge in [0.25, 0.3) is 0 Å². The molecule has 0 bridgehead atoms. The molecule has 30 nitrogen and oxygen atoms in total. The number of hydrogen-bond donors (Lipinski definition) is 14. The molecule has 30 heteroatoms. The molecule has 10 rings (SSSR count). The molecule has 0 unspecified atom stereocenters. The predicted molar refractivity (Wildman–Crippen MR) is 304 cm³/mol. The zero-order valence-corrected chi connectivity index (χ0v) is 48.2. The summed E-state index contributed by atoms with van der Waals surface area (Å²) in [6, 6.07) is 35.3. The number of aliphatic hydroxyl groups is 14. The van der Waals surface area contributed by atoms with Crippen LogP contribution in [0.4, 0.5) is 0 Å². The first-order valence-electron chi connectivity index (χ1n) is 29.1. The Morgan fingerprint density at radius 2 is 0.711 bits per heavy atom. The first-order valence-corrected chi connectivity index (χ1v) is 29.1. The van der Waals surface area contributed by atoms with Crippen molar-refractivity contribution in [2.24, 2.45) is 0 Å². The van der Waals surface area contributed by atoms with Gasteiger partial charge < -0.3 is 119 Å². The highest BCUT2D eigenvalue weighted by atomic mass is 16.8. The van der Waals surface area contributed by atoms with Crippen LogP contribution < -0.4 is 9.47 Å². The van der Waals surface area contributed by atoms with Gasteiger partial charge in [0.2, 0.25) is 0 Å². The SMILES string of the molecule is OC[C@H]1O[C@@H](O[C@H]2[C@H](O)[C@@H](O)[C@H](OCCn3cc(COc4ccc(/C(=C(\c5ccccc5)c5ccc(OCc6cn(CCO[C@@H]7O[C@H](CO)[C@@H](O[C@@H]8O[C@H](CO)[C@@H](O)[C@H](O)[C@H]8O)[C@H](O)[C@H]7O)nn6)cc5)c5ccccc5)cc4)nn3)O[C@@H]2CO)[C@H](O)[C@@H](O)[C@@H]1O. The van der Waals surface area contributed by atoms with E-state index in [1.807, 2.05) is 109 Å². The number of aromatic nitrogens is 6. The average molecular weight is 1260 g/mol. The van der Waals surface area contributed by atoms with E-state index in [0.29, 0.717) is 22.9 Å². The Balaban J connectivity index is 0.725. The Morgan fingerprint density at radius 1 is 0.378 bits per heavy atom. The largest absolute Gasteiger partial charge is 0.487 e. The summed E-state index contributed by atoms with van der Waals surface area (Å²) in [6.45, 7) is -2.62. The summed E-state index contributed by atoms with van der Waals surface area (Å²) in [5, 5.41) is 161. The van der Waals surface area contributed by atoms with Crippen molar-refractivity contribution in [3.8, 4) is 11.5 Å². The van der Waals surface area contributed by atoms with Crippen LogP contribution in [0.3, 0.4) is 0 Å². The van der Waals surface area contributed by atoms with Crippen molar-refractivity contribution in [2.45, 2.75) is 149 Å². The molecular weight excluding hydrogens is 1190 g/mol. The molecule has 4 aliphatic heterocycles. The number of ether oxygens (including phenoxy) is 10. The van der Waals surface area contributed by atoms with E-state index in [1.165, 1.54) is 9.36 Å². The Labute approximate surface area is 514 Å². The van der Waals surface area contributed by atoms with Crippen LogP contribution in [-0.4, -0.2) is 264 Å². The Morgan fingerprint density at radius 3 is 1.07 bits per heavy atom. The van der Waals surface area contributed by atoms with Crippen molar-refractivity contribution in [1.82, 2.24) is 30.0 Å². The second-order valence-electron chi connectivity index (χ2n) is 21.8. The molecule has 20 atom stereocenters. The predicted octanol–water partition coefficient (Wildman–Crippen LogP) is -3.68. The lowest BCUT2D eigenvalue weighted by Gasteiger charge is -2.45. The third kappa shape index (κ3) is 15.4. The van der Waals surface area contributed by atoms with Gasteiger partial charge in [0.15, 0.2) is 25.2 Å². The zero-order chi connectivity index (χ0) is 63.6. The van der Waals surface area contributed by atoms with Crippen LogP contribution in [-0.2, 0) is 64.2 Å². The molecule has 0 amide bonds. The number of hydrogen-bond acceptors (Lipinski definition) is 28. The van der Waals surface area contributed by atoms with Gasteiger partial charge in [-0.2, -0.15) is 0 Å². The van der Waals surface area contributed by atoms with Gasteiger partial charge in [-0.3, -0.25) is 0 Å². The molecule has 4 aliphatic rings. The van der Waals surface area contributed by atoms with E-state index in [4.69, 9.17) is 47.4 Å². The minimum absolute atomic E-state index is 0.0624. The molecule has 0 aliphatic carbocycles. The summed E-state index contributed by atoms with van der Waals surface area (Å²) in [4.78, 5) is 0. The summed E-state index contributed by atoms with van der Waals surface area (Å²) in [6.07, 6.45) is -28.2. The quantitative estimate of drug-likeness (QED) is 0.0233. The zero-order valence-electron chi connectivity index (χ0n) is 48.2. The van der Waals surface area contributed by atoms with Crippen LogP contribution in [0.25, 0.3) is 11.1 Å². The monoisotopic (exact) mass is 1260 g/mol. The fourth-order valence-electron chi connectivity index (χ4n) is 10.8. The highest BCUT2D eigenvalue weighted by molar-refractivity contribution is 6.04. The molecule has 6 aromatic rings. The topological polar surface area (TPSA) is 437 Å². The van der Waals surface area contributed by atoms with Gasteiger partial charge >= 0.3 is 0 Å². The maximum atomic E-state index is 11.0. The standard InChI is InChI=1S/C60H74N6O24/c67-25-39-45(71)47(73)51(77)59(85-39)89-55-41(27-69)87-57(53(79)49(55)75)81-21-19-65-23-35(61-63-65)29-83-37-15-11-33(12-16-37)43(31-7-3-1-4-8-31)44(32-9-5-2-6-10-32)34-13-17-38(18-14-34)84-30-36-24-66(64-62-36)20-22-82-58-54(80)50(76)56(42(28-70)88-58)90-60-52(78)48(74)46(72)40(26-68)86-60/h1-18,23-24,39-42,45-60,67-80H,19-22,25-30H2/b44-43+/t39-,40-,41-,42-,45-,46-,47+,48+,49-,50-,51-,52-,53-,54-,55-,56-,57-,58-,59+,60+/m1/s1. The van der Waals surface area contributed by atoms with E-state index in [0.717, 1.165) is 33.4 Å². The van der Waals surface area contributed by atoms with Crippen LogP contribution in [0.15, 0.2) is 122 Å². The lowest BCUT2D eigenvalue weighted by atomic mass is 9.86. The van der Waals surface area contributed by atoms with E-state index in [1.54, 1.807) is 12.4 Å². The maximum Gasteiger partial charge on any atom is 0.187 e. The van der Waals surface area contributed by atoms with Crippen LogP contribution in [0.2, 0.25) is 0 Å². The molecule has 4 aromatic carbocycles. The summed E-state index contributed by atoms with van der Waals surface area (Å²) in [7, 11) is 0. The van der Waals surface area contributed by atoms with E-state index in [2.05, 4.69) is 20.6 Å². The van der Waals surface area contributed by atoms with Gasteiger partial charge in [0.05, 0.1) is 65.1 Å². The Bertz CT molecular complexity index is 2970. The first kappa shape index (κ1) is 66.5. The van der Waals surface area contributed by atoms with Crippen LogP contribution in [0, 0.1) is 0 Å². The highest BCUT2D eigenvalue weighted by Gasteiger charge is 2.52. The van der Waals surface area contributed by atoms with Crippen LogP contribution in [0.5, 0.6) is 11.5 Å². The molecule has 6 heterocycles. The second kappa shape index (κ2) is 30.8. The lowest BCUT2D eigenvalue weighted by Crippen LogP contribution is -2.64. The van der Waals surface area contributed by atoms with Gasteiger partial charge in [-0.1, -0.05) is 95.4 Å². The third-order valence-corrected chi connectivity index (χ3v) is 15.7. The number of benzene rings is 4. The molecule has 4 fully saturated rings. The van der Waals surface area contributed by atoms with Gasteiger partial charge in [-0.25, -0.2) is 9.36 Å². The van der Waals surface area contributed by atoms with E-state index < -0.39 is 149 Å². The van der Waals surface area contributed by atoms with E-state index in [-0.39, 0.29) is 39.5 Å². The maximum absolute atomic E-state index is 11.0. The van der Waals surface area contributed by atoms with E-state index >= 15 is 0 Å². The van der Waals surface area contributed by atoms with Crippen molar-refractivity contribution in [1.29, 1.82) is 0 Å². The first-order chi connectivity index (χ1) is 43.6. The number of aliphatic hydroxyl groups excluding tert-OH is 14. The average Bonchev–Trinajstić information content (AvgIpc) is 1.10. The Hall–Kier alpha value is -6.38. The summed E-state index contributed by atoms with van der Waals surface area (Å²) in [5.41, 5.74) is 6.60. The smallest absolute Gasteiger partial charge is 0.187 e. The Kier molecular flexibility index (Phi) is 22.8. The second-order valence-corrected chi connectivity index (χ2v) is 21.8. The van der Waals surface area contributed by atoms with Crippen LogP contribution in [0.1, 0.15) is 33.6 Å². The summed E-state index contributed by atoms with van der Waals surface area (Å²) < 4.78 is 60.1. The summed E-state index contributed by atoms with van der Waals surface area (Å²) in [5.74, 6) is 1.12. The molecule has 4 saturated heterocycles. The molecular formula is C60H74N6O24. The minimum atomic E-state index is -1.80. The molecule has 488 valence electrons. The molecule has 0 spiro atoms. The molecule has 14 N–H and O–H groups in total. The minimum Gasteiger partial charge on any atom is -0.487 e. The molecule has 0 radical (unpaired) electrons. The van der Waals surface area contributed by atoms with Gasteiger partial charge in [-0.15, -0.1) is 10.2 Å². The number of nitrogens with zero attached hydrogens (tertiary/aromatic N) is 6. The van der Waals surface area contributed by atoms with Crippen molar-refractivity contribution in [3.05, 3.63) is 155 Å². The molecule has 0 saturated carbocycles. The van der Waals surface area contributed by atoms with Gasteiger partial charge in [-0.05, 0) is 57.7 Å². The fraction of sp³-hybridized carbons (Fsp3) is 0.500. The number of rotatable bonds is 26. The third-order valence-electron chi connectivity index (χ3n) is 15.7. The van der Waals surface area contributed by atoms with Crippen molar-refractivity contribution >= 4 is 11.1 Å². The highest BCUT2D eigenvalue weighted by Crippen LogP contribution is 2.39. The summed E-state index contributed by atoms with van der Waals surface area (Å²) >= 11 is 0. The van der Waals surface area contributed by atoms with Gasteiger partial charge in [0, 0.05) is 0 Å². The van der Waals surface area contributed by atoms with E-state index in [9.17, 15) is 71.5 Å². The fourth-order valence-corrected chi connectivity index (χ4v) is 10.8. The van der Waals surface area contributed by atoms with Crippen molar-refractivity contribution in [2.75, 3.05) is 39.6 Å². The van der Waals surface area contributed by atoms with Gasteiger partial charge in [0.1, 0.15) is 134 Å². The van der Waals surface area contributed by atoms with Crippen molar-refractivity contribution in [3.63, 3.8) is 0 Å². The molecule has 2 aromatic heterocycles. The molecule has 90 heavy (non-hydrogen) atoms. The van der Waals surface area contributed by atoms with Crippen molar-refractivity contribution < 1.29 is 119 Å². The lowest BCUT2D eigenvalue weighted by molar-refractivity contribution is -0.359. The normalized spacial score (nSPS) is 32.5.